The first-order chi connectivity index (χ1) is 9.31. The second-order valence-electron chi connectivity index (χ2n) is 3.75. The molecule has 0 amide bonds. The molecule has 0 saturated heterocycles. The van der Waals surface area contributed by atoms with Crippen LogP contribution in [0.15, 0.2) is 29.4 Å². The highest BCUT2D eigenvalue weighted by molar-refractivity contribution is 7.98. The van der Waals surface area contributed by atoms with Gasteiger partial charge in [0.1, 0.15) is 5.69 Å². The van der Waals surface area contributed by atoms with Crippen molar-refractivity contribution in [3.63, 3.8) is 0 Å². The molecule has 0 aliphatic rings. The molecule has 0 unspecified atom stereocenters. The van der Waals surface area contributed by atoms with E-state index >= 15 is 0 Å². The van der Waals surface area contributed by atoms with Crippen LogP contribution >= 0.6 is 35.0 Å². The monoisotopic (exact) mass is 338 g/mol. The quantitative estimate of drug-likeness (QED) is 0.556. The lowest BCUT2D eigenvalue weighted by Crippen LogP contribution is -2.10. The molecular formula is C12H7Cl2F3N2S. The molecule has 1 aromatic carbocycles. The zero-order valence-electron chi connectivity index (χ0n) is 10.0. The summed E-state index contributed by atoms with van der Waals surface area (Å²) in [5.41, 5.74) is -0.518. The van der Waals surface area contributed by atoms with E-state index in [2.05, 4.69) is 9.97 Å². The first kappa shape index (κ1) is 15.4. The molecule has 0 bridgehead atoms. The maximum atomic E-state index is 12.8. The van der Waals surface area contributed by atoms with Crippen LogP contribution in [0.3, 0.4) is 0 Å². The molecule has 2 aromatic rings. The van der Waals surface area contributed by atoms with Gasteiger partial charge in [0.2, 0.25) is 0 Å². The van der Waals surface area contributed by atoms with Crippen LogP contribution in [0.25, 0.3) is 11.3 Å². The van der Waals surface area contributed by atoms with Crippen LogP contribution in [0.2, 0.25) is 10.0 Å². The van der Waals surface area contributed by atoms with Gasteiger partial charge in [0.05, 0.1) is 10.7 Å². The van der Waals surface area contributed by atoms with Crippen LogP contribution in [0, 0.1) is 0 Å². The Morgan fingerprint density at radius 1 is 1.10 bits per heavy atom. The molecule has 106 valence electrons. The maximum absolute atomic E-state index is 12.8. The van der Waals surface area contributed by atoms with Gasteiger partial charge in [-0.3, -0.25) is 0 Å². The normalized spacial score (nSPS) is 11.7. The molecule has 0 atom stereocenters. The zero-order chi connectivity index (χ0) is 14.9. The van der Waals surface area contributed by atoms with Crippen LogP contribution in [0.5, 0.6) is 0 Å². The number of hydrogen-bond acceptors (Lipinski definition) is 3. The lowest BCUT2D eigenvalue weighted by molar-refractivity contribution is -0.141. The molecule has 0 radical (unpaired) electrons. The van der Waals surface area contributed by atoms with Crippen molar-refractivity contribution in [1.29, 1.82) is 0 Å². The molecule has 1 heterocycles. The van der Waals surface area contributed by atoms with E-state index in [1.54, 1.807) is 6.26 Å². The largest absolute Gasteiger partial charge is 0.433 e. The molecule has 0 N–H and O–H groups in total. The Kier molecular flexibility index (Phi) is 4.46. The zero-order valence-corrected chi connectivity index (χ0v) is 12.3. The second kappa shape index (κ2) is 5.79. The average Bonchev–Trinajstić information content (AvgIpc) is 2.37. The summed E-state index contributed by atoms with van der Waals surface area (Å²) in [6.45, 7) is 0. The van der Waals surface area contributed by atoms with E-state index in [9.17, 15) is 13.2 Å². The van der Waals surface area contributed by atoms with Crippen molar-refractivity contribution in [3.8, 4) is 11.3 Å². The highest BCUT2D eigenvalue weighted by Gasteiger charge is 2.33. The van der Waals surface area contributed by atoms with Gasteiger partial charge in [-0.15, -0.1) is 0 Å². The van der Waals surface area contributed by atoms with Crippen molar-refractivity contribution in [2.45, 2.75) is 11.3 Å². The summed E-state index contributed by atoms with van der Waals surface area (Å²) in [5, 5.41) is 0.658. The van der Waals surface area contributed by atoms with Crippen molar-refractivity contribution >= 4 is 35.0 Å². The Labute approximate surface area is 127 Å². The summed E-state index contributed by atoms with van der Waals surface area (Å²) in [7, 11) is 0. The first-order valence-electron chi connectivity index (χ1n) is 5.27. The number of halogens is 5. The minimum atomic E-state index is -4.54. The topological polar surface area (TPSA) is 25.8 Å². The van der Waals surface area contributed by atoms with Crippen molar-refractivity contribution in [2.75, 3.05) is 6.26 Å². The van der Waals surface area contributed by atoms with Crippen LogP contribution < -0.4 is 0 Å². The molecule has 0 spiro atoms. The fraction of sp³-hybridized carbons (Fsp3) is 0.167. The fourth-order valence-electron chi connectivity index (χ4n) is 1.50. The molecular weight excluding hydrogens is 332 g/mol. The molecule has 0 aliphatic heterocycles. The van der Waals surface area contributed by atoms with Crippen molar-refractivity contribution < 1.29 is 13.2 Å². The minimum absolute atomic E-state index is 0.0286. The van der Waals surface area contributed by atoms with Crippen LogP contribution in [0.4, 0.5) is 13.2 Å². The highest BCUT2D eigenvalue weighted by atomic mass is 35.5. The number of nitrogens with zero attached hydrogens (tertiary/aromatic N) is 2. The third-order valence-electron chi connectivity index (χ3n) is 2.39. The average molecular weight is 339 g/mol. The van der Waals surface area contributed by atoms with Gasteiger partial charge >= 0.3 is 6.18 Å². The Morgan fingerprint density at radius 2 is 1.80 bits per heavy atom. The number of aromatic nitrogens is 2. The Bertz CT molecular complexity index is 647. The fourth-order valence-corrected chi connectivity index (χ4v) is 2.38. The summed E-state index contributed by atoms with van der Waals surface area (Å²) >= 11 is 12.8. The number of benzene rings is 1. The van der Waals surface area contributed by atoms with E-state index in [0.717, 1.165) is 17.8 Å². The van der Waals surface area contributed by atoms with Crippen LogP contribution in [-0.2, 0) is 6.18 Å². The van der Waals surface area contributed by atoms with E-state index in [-0.39, 0.29) is 15.9 Å². The van der Waals surface area contributed by atoms with Crippen molar-refractivity contribution in [1.82, 2.24) is 9.97 Å². The number of hydrogen-bond donors (Lipinski definition) is 0. The summed E-state index contributed by atoms with van der Waals surface area (Å²) < 4.78 is 38.4. The molecule has 2 nitrogen and oxygen atoms in total. The van der Waals surface area contributed by atoms with Gasteiger partial charge in [0, 0.05) is 10.6 Å². The van der Waals surface area contributed by atoms with Gasteiger partial charge in [-0.05, 0) is 30.5 Å². The predicted octanol–water partition coefficient (Wildman–Crippen LogP) is 5.19. The molecule has 20 heavy (non-hydrogen) atoms. The number of rotatable bonds is 2. The van der Waals surface area contributed by atoms with E-state index in [4.69, 9.17) is 23.2 Å². The summed E-state index contributed by atoms with van der Waals surface area (Å²) in [5.74, 6) is 0. The van der Waals surface area contributed by atoms with Gasteiger partial charge in [-0.1, -0.05) is 35.0 Å². The maximum Gasteiger partial charge on any atom is 0.433 e. The number of thioether (sulfide) groups is 1. The van der Waals surface area contributed by atoms with E-state index in [0.29, 0.717) is 10.6 Å². The molecule has 0 aliphatic carbocycles. The SMILES string of the molecule is CSc1nc(-c2ccc(Cl)cc2Cl)cc(C(F)(F)F)n1. The lowest BCUT2D eigenvalue weighted by Gasteiger charge is -2.10. The molecule has 2 rings (SSSR count). The lowest BCUT2D eigenvalue weighted by atomic mass is 10.1. The van der Waals surface area contributed by atoms with Gasteiger partial charge in [0.25, 0.3) is 0 Å². The minimum Gasteiger partial charge on any atom is -0.222 e. The molecule has 0 fully saturated rings. The Hall–Kier alpha value is -0.980. The molecule has 8 heteroatoms. The van der Waals surface area contributed by atoms with Gasteiger partial charge in [-0.25, -0.2) is 9.97 Å². The number of alkyl halides is 3. The Balaban J connectivity index is 2.61. The highest BCUT2D eigenvalue weighted by Crippen LogP contribution is 2.34. The van der Waals surface area contributed by atoms with Crippen molar-refractivity contribution in [3.05, 3.63) is 40.0 Å². The smallest absolute Gasteiger partial charge is 0.222 e. The van der Waals surface area contributed by atoms with E-state index in [1.807, 2.05) is 0 Å². The van der Waals surface area contributed by atoms with Crippen LogP contribution in [-0.4, -0.2) is 16.2 Å². The first-order valence-corrected chi connectivity index (χ1v) is 7.25. The standard InChI is InChI=1S/C12H7Cl2F3N2S/c1-20-11-18-9(5-10(19-11)12(15,16)17)7-3-2-6(13)4-8(7)14/h2-5H,1H3. The molecule has 1 aromatic heterocycles. The third kappa shape index (κ3) is 3.37. The van der Waals surface area contributed by atoms with E-state index in [1.165, 1.54) is 18.2 Å². The second-order valence-corrected chi connectivity index (χ2v) is 5.36. The Morgan fingerprint density at radius 3 is 2.35 bits per heavy atom. The van der Waals surface area contributed by atoms with Gasteiger partial charge in [0.15, 0.2) is 5.16 Å². The predicted molar refractivity (Wildman–Crippen MR) is 74.3 cm³/mol. The van der Waals surface area contributed by atoms with Crippen LogP contribution in [0.1, 0.15) is 5.69 Å². The van der Waals surface area contributed by atoms with Gasteiger partial charge < -0.3 is 0 Å². The summed E-state index contributed by atoms with van der Waals surface area (Å²) in [6, 6.07) is 5.38. The van der Waals surface area contributed by atoms with Gasteiger partial charge in [-0.2, -0.15) is 13.2 Å². The summed E-state index contributed by atoms with van der Waals surface area (Å²) in [4.78, 5) is 7.50. The third-order valence-corrected chi connectivity index (χ3v) is 3.48. The van der Waals surface area contributed by atoms with Crippen molar-refractivity contribution in [2.24, 2.45) is 0 Å². The molecule has 0 saturated carbocycles. The van der Waals surface area contributed by atoms with E-state index < -0.39 is 11.9 Å². The summed E-state index contributed by atoms with van der Waals surface area (Å²) in [6.07, 6.45) is -2.94.